The van der Waals surface area contributed by atoms with Crippen LogP contribution in [-0.2, 0) is 4.79 Å². The molecule has 1 aliphatic carbocycles. The normalized spacial score (nSPS) is 23.6. The van der Waals surface area contributed by atoms with Crippen molar-refractivity contribution in [3.63, 3.8) is 0 Å². The number of hydrogen-bond donors (Lipinski definition) is 2. The smallest absolute Gasteiger partial charge is 0.308 e. The van der Waals surface area contributed by atoms with Gasteiger partial charge in [0.2, 0.25) is 0 Å². The number of carboxylic acids is 1. The fraction of sp³-hybridized carbons (Fsp3) is 0.444. The molecule has 1 amide bonds. The van der Waals surface area contributed by atoms with Gasteiger partial charge in [-0.3, -0.25) is 9.59 Å². The topological polar surface area (TPSA) is 75.6 Å². The predicted octanol–water partition coefficient (Wildman–Crippen LogP) is 2.46. The number of rotatable bonds is 5. The number of benzene rings is 1. The van der Waals surface area contributed by atoms with E-state index in [0.717, 1.165) is 12.8 Å². The molecule has 0 aliphatic heterocycles. The number of amides is 1. The quantitative estimate of drug-likeness (QED) is 0.819. The minimum Gasteiger partial charge on any atom is -0.481 e. The second-order valence-corrected chi connectivity index (χ2v) is 6.03. The summed E-state index contributed by atoms with van der Waals surface area (Å²) in [4.78, 5) is 23.9. The van der Waals surface area contributed by atoms with Gasteiger partial charge < -0.3 is 15.2 Å². The fourth-order valence-corrected chi connectivity index (χ4v) is 3.04. The molecular weight excluding hydrogens is 294 g/mol. The first kappa shape index (κ1) is 16.9. The molecule has 0 spiro atoms. The van der Waals surface area contributed by atoms with Gasteiger partial charge in [0, 0.05) is 5.56 Å². The van der Waals surface area contributed by atoms with E-state index in [1.165, 1.54) is 0 Å². The Bertz CT molecular complexity index is 617. The van der Waals surface area contributed by atoms with Crippen LogP contribution in [-0.4, -0.2) is 29.1 Å². The fourth-order valence-electron chi connectivity index (χ4n) is 3.04. The lowest BCUT2D eigenvalue weighted by atomic mass is 9.73. The molecule has 1 fully saturated rings. The van der Waals surface area contributed by atoms with Gasteiger partial charge in [-0.05, 0) is 44.0 Å². The summed E-state index contributed by atoms with van der Waals surface area (Å²) in [6.45, 7) is 1.98. The maximum absolute atomic E-state index is 12.4. The molecule has 2 N–H and O–H groups in total. The molecule has 1 aromatic carbocycles. The molecule has 5 nitrogen and oxygen atoms in total. The Morgan fingerprint density at radius 3 is 2.70 bits per heavy atom. The summed E-state index contributed by atoms with van der Waals surface area (Å²) in [7, 11) is 0. The largest absolute Gasteiger partial charge is 0.481 e. The van der Waals surface area contributed by atoms with Crippen LogP contribution >= 0.6 is 0 Å². The maximum Gasteiger partial charge on any atom is 0.308 e. The Labute approximate surface area is 136 Å². The highest BCUT2D eigenvalue weighted by atomic mass is 16.5. The van der Waals surface area contributed by atoms with Gasteiger partial charge in [0.1, 0.15) is 12.4 Å². The third kappa shape index (κ3) is 4.04. The first-order chi connectivity index (χ1) is 11.0. The van der Waals surface area contributed by atoms with Crippen LogP contribution in [0.15, 0.2) is 24.3 Å². The maximum atomic E-state index is 12.4. The lowest BCUT2D eigenvalue weighted by Gasteiger charge is -2.39. The van der Waals surface area contributed by atoms with Crippen molar-refractivity contribution < 1.29 is 19.4 Å². The van der Waals surface area contributed by atoms with Crippen LogP contribution in [0.3, 0.4) is 0 Å². The van der Waals surface area contributed by atoms with E-state index in [4.69, 9.17) is 11.2 Å². The number of carbonyl (C=O) groups is 2. The van der Waals surface area contributed by atoms with Gasteiger partial charge in [-0.15, -0.1) is 6.42 Å². The molecule has 23 heavy (non-hydrogen) atoms. The third-order valence-electron chi connectivity index (χ3n) is 4.34. The number of terminal acetylenes is 1. The Hall–Kier alpha value is -2.48. The van der Waals surface area contributed by atoms with Crippen molar-refractivity contribution >= 4 is 11.9 Å². The summed E-state index contributed by atoms with van der Waals surface area (Å²) in [5, 5.41) is 12.3. The lowest BCUT2D eigenvalue weighted by molar-refractivity contribution is -0.145. The van der Waals surface area contributed by atoms with Gasteiger partial charge in [-0.2, -0.15) is 0 Å². The van der Waals surface area contributed by atoms with E-state index in [1.54, 1.807) is 24.3 Å². The number of hydrogen-bond acceptors (Lipinski definition) is 3. The van der Waals surface area contributed by atoms with Crippen molar-refractivity contribution in [2.24, 2.45) is 5.92 Å². The van der Waals surface area contributed by atoms with Crippen molar-refractivity contribution in [1.82, 2.24) is 5.32 Å². The molecule has 2 rings (SSSR count). The van der Waals surface area contributed by atoms with Crippen LogP contribution < -0.4 is 10.1 Å². The summed E-state index contributed by atoms with van der Waals surface area (Å²) in [5.74, 6) is 1.27. The predicted molar refractivity (Wildman–Crippen MR) is 86.2 cm³/mol. The average Bonchev–Trinajstić information content (AvgIpc) is 2.53. The molecule has 5 heteroatoms. The Morgan fingerprint density at radius 2 is 2.09 bits per heavy atom. The van der Waals surface area contributed by atoms with Crippen LogP contribution in [0.2, 0.25) is 0 Å². The number of carboxylic acid groups (broad SMARTS) is 1. The van der Waals surface area contributed by atoms with Gasteiger partial charge in [0.25, 0.3) is 5.91 Å². The molecule has 1 aliphatic rings. The molecule has 0 bridgehead atoms. The molecule has 122 valence electrons. The van der Waals surface area contributed by atoms with Crippen molar-refractivity contribution in [3.8, 4) is 18.1 Å². The number of carbonyl (C=O) groups excluding carboxylic acids is 1. The Kier molecular flexibility index (Phi) is 5.28. The molecule has 0 aromatic heterocycles. The second-order valence-electron chi connectivity index (χ2n) is 6.03. The highest BCUT2D eigenvalue weighted by Gasteiger charge is 2.42. The van der Waals surface area contributed by atoms with E-state index in [0.29, 0.717) is 24.2 Å². The van der Waals surface area contributed by atoms with Gasteiger partial charge in [0.15, 0.2) is 0 Å². The summed E-state index contributed by atoms with van der Waals surface area (Å²) in [6, 6.07) is 6.63. The number of nitrogens with one attached hydrogen (secondary N) is 1. The molecule has 1 saturated carbocycles. The van der Waals surface area contributed by atoms with E-state index in [1.807, 2.05) is 6.92 Å². The van der Waals surface area contributed by atoms with Crippen molar-refractivity contribution in [1.29, 1.82) is 0 Å². The summed E-state index contributed by atoms with van der Waals surface area (Å²) in [5.41, 5.74) is -0.256. The van der Waals surface area contributed by atoms with Crippen LogP contribution in [0.4, 0.5) is 0 Å². The molecule has 0 radical (unpaired) electrons. The second kappa shape index (κ2) is 7.19. The SMILES string of the molecule is C#CCOc1ccc(C(=O)NC2(C)CCCCC2C(=O)O)cc1. The van der Waals surface area contributed by atoms with Crippen LogP contribution in [0.25, 0.3) is 0 Å². The first-order valence-electron chi connectivity index (χ1n) is 7.68. The van der Waals surface area contributed by atoms with Crippen LogP contribution in [0, 0.1) is 18.3 Å². The average molecular weight is 315 g/mol. The lowest BCUT2D eigenvalue weighted by Crippen LogP contribution is -2.55. The van der Waals surface area contributed by atoms with E-state index >= 15 is 0 Å². The highest BCUT2D eigenvalue weighted by molar-refractivity contribution is 5.95. The third-order valence-corrected chi connectivity index (χ3v) is 4.34. The summed E-state index contributed by atoms with van der Waals surface area (Å²) in [6.07, 6.45) is 8.17. The molecule has 1 aromatic rings. The van der Waals surface area contributed by atoms with E-state index in [-0.39, 0.29) is 12.5 Å². The van der Waals surface area contributed by atoms with E-state index < -0.39 is 17.4 Å². The minimum atomic E-state index is -0.856. The molecule has 0 saturated heterocycles. The molecule has 2 atom stereocenters. The van der Waals surface area contributed by atoms with Crippen LogP contribution in [0.1, 0.15) is 43.0 Å². The molecule has 0 heterocycles. The van der Waals surface area contributed by atoms with Crippen molar-refractivity contribution in [3.05, 3.63) is 29.8 Å². The van der Waals surface area contributed by atoms with Gasteiger partial charge in [-0.25, -0.2) is 0 Å². The van der Waals surface area contributed by atoms with Crippen molar-refractivity contribution in [2.75, 3.05) is 6.61 Å². The van der Waals surface area contributed by atoms with Crippen LogP contribution in [0.5, 0.6) is 5.75 Å². The zero-order chi connectivity index (χ0) is 16.9. The summed E-state index contributed by atoms with van der Waals surface area (Å²) >= 11 is 0. The monoisotopic (exact) mass is 315 g/mol. The standard InChI is InChI=1S/C18H21NO4/c1-3-12-23-14-9-7-13(8-10-14)16(20)19-18(2)11-5-4-6-15(18)17(21)22/h1,7-10,15H,4-6,11-12H2,2H3,(H,19,20)(H,21,22). The highest BCUT2D eigenvalue weighted by Crippen LogP contribution is 2.34. The van der Waals surface area contributed by atoms with E-state index in [2.05, 4.69) is 11.2 Å². The molecular formula is C18H21NO4. The first-order valence-corrected chi connectivity index (χ1v) is 7.68. The minimum absolute atomic E-state index is 0.171. The molecule has 2 unspecified atom stereocenters. The summed E-state index contributed by atoms with van der Waals surface area (Å²) < 4.78 is 5.26. The number of ether oxygens (including phenoxy) is 1. The van der Waals surface area contributed by atoms with Gasteiger partial charge in [0.05, 0.1) is 11.5 Å². The van der Waals surface area contributed by atoms with Gasteiger partial charge >= 0.3 is 5.97 Å². The van der Waals surface area contributed by atoms with E-state index in [9.17, 15) is 14.7 Å². The van der Waals surface area contributed by atoms with Crippen molar-refractivity contribution in [2.45, 2.75) is 38.1 Å². The van der Waals surface area contributed by atoms with Gasteiger partial charge in [-0.1, -0.05) is 18.8 Å². The Balaban J connectivity index is 2.08. The number of aliphatic carboxylic acids is 1. The Morgan fingerprint density at radius 1 is 1.39 bits per heavy atom. The zero-order valence-corrected chi connectivity index (χ0v) is 13.2. The zero-order valence-electron chi connectivity index (χ0n) is 13.2.